The third kappa shape index (κ3) is 3.30. The summed E-state index contributed by atoms with van der Waals surface area (Å²) in [5, 5.41) is 6.56. The topological polar surface area (TPSA) is 59.1 Å². The Hall–Kier alpha value is -1.36. The van der Waals surface area contributed by atoms with E-state index in [0.717, 1.165) is 37.6 Å². The van der Waals surface area contributed by atoms with Gasteiger partial charge in [-0.2, -0.15) is 0 Å². The fourth-order valence-corrected chi connectivity index (χ4v) is 1.98. The maximum Gasteiger partial charge on any atom is 0.131 e. The summed E-state index contributed by atoms with van der Waals surface area (Å²) in [6.45, 7) is 5.75. The smallest absolute Gasteiger partial charge is 0.131 e. The molecule has 2 N–H and O–H groups in total. The molecular weight excluding hydrogens is 216 g/mol. The minimum absolute atomic E-state index is 0.424. The Balaban J connectivity index is 1.81. The molecule has 1 aromatic heterocycles. The highest BCUT2D eigenvalue weighted by Crippen LogP contribution is 2.26. The molecule has 0 radical (unpaired) electrons. The van der Waals surface area contributed by atoms with Gasteiger partial charge in [0.15, 0.2) is 0 Å². The maximum absolute atomic E-state index is 5.52. The lowest BCUT2D eigenvalue weighted by molar-refractivity contribution is 0.00292. The molecule has 0 amide bonds. The van der Waals surface area contributed by atoms with Crippen LogP contribution in [0.1, 0.15) is 26.7 Å². The summed E-state index contributed by atoms with van der Waals surface area (Å²) < 4.78 is 5.52. The van der Waals surface area contributed by atoms with Crippen molar-refractivity contribution in [3.63, 3.8) is 0 Å². The van der Waals surface area contributed by atoms with Gasteiger partial charge in [0.2, 0.25) is 0 Å². The van der Waals surface area contributed by atoms with Gasteiger partial charge in [0.1, 0.15) is 18.0 Å². The molecule has 0 spiro atoms. The Labute approximate surface area is 102 Å². The van der Waals surface area contributed by atoms with Gasteiger partial charge in [0.25, 0.3) is 0 Å². The van der Waals surface area contributed by atoms with Gasteiger partial charge in [-0.15, -0.1) is 0 Å². The van der Waals surface area contributed by atoms with Crippen LogP contribution in [0.25, 0.3) is 0 Å². The molecule has 0 atom stereocenters. The van der Waals surface area contributed by atoms with Gasteiger partial charge < -0.3 is 15.4 Å². The first-order valence-corrected chi connectivity index (χ1v) is 6.25. The maximum atomic E-state index is 5.52. The molecule has 17 heavy (non-hydrogen) atoms. The predicted octanol–water partition coefficient (Wildman–Crippen LogP) is 1.89. The number of aromatic nitrogens is 2. The first-order valence-electron chi connectivity index (χ1n) is 6.25. The predicted molar refractivity (Wildman–Crippen MR) is 68.3 cm³/mol. The molecule has 1 heterocycles. The number of hydrogen-bond donors (Lipinski definition) is 2. The Morgan fingerprint density at radius 1 is 1.29 bits per heavy atom. The fourth-order valence-electron chi connectivity index (χ4n) is 1.98. The number of hydrogen-bond acceptors (Lipinski definition) is 5. The molecule has 1 aromatic rings. The van der Waals surface area contributed by atoms with Crippen molar-refractivity contribution < 1.29 is 4.74 Å². The van der Waals surface area contributed by atoms with Crippen molar-refractivity contribution in [1.29, 1.82) is 0 Å². The average Bonchev–Trinajstić information content (AvgIpc) is 2.27. The molecular formula is C12H20N4O. The Morgan fingerprint density at radius 2 is 2.06 bits per heavy atom. The molecule has 0 aliphatic heterocycles. The van der Waals surface area contributed by atoms with Gasteiger partial charge in [-0.05, 0) is 26.7 Å². The van der Waals surface area contributed by atoms with Crippen LogP contribution < -0.4 is 10.6 Å². The summed E-state index contributed by atoms with van der Waals surface area (Å²) in [5.41, 5.74) is 0. The van der Waals surface area contributed by atoms with Crippen LogP contribution in [0.4, 0.5) is 11.6 Å². The van der Waals surface area contributed by atoms with Crippen molar-refractivity contribution in [2.75, 3.05) is 23.8 Å². The SMILES string of the molecule is CCNc1cc(NC2CC(OCC)C2)ncn1. The molecule has 0 unspecified atom stereocenters. The molecule has 1 fully saturated rings. The lowest BCUT2D eigenvalue weighted by Gasteiger charge is -2.35. The molecule has 2 rings (SSSR count). The van der Waals surface area contributed by atoms with Crippen LogP contribution in [0.15, 0.2) is 12.4 Å². The summed E-state index contributed by atoms with van der Waals surface area (Å²) >= 11 is 0. The second-order valence-corrected chi connectivity index (χ2v) is 4.21. The van der Waals surface area contributed by atoms with Crippen molar-refractivity contribution in [3.05, 3.63) is 12.4 Å². The standard InChI is InChI=1S/C12H20N4O/c1-3-13-11-7-12(15-8-14-11)16-9-5-10(6-9)17-4-2/h7-10H,3-6H2,1-2H3,(H2,13,14,15,16). The van der Waals surface area contributed by atoms with E-state index >= 15 is 0 Å². The van der Waals surface area contributed by atoms with Crippen LogP contribution in [0.3, 0.4) is 0 Å². The molecule has 5 heteroatoms. The number of ether oxygens (including phenoxy) is 1. The largest absolute Gasteiger partial charge is 0.378 e. The normalized spacial score (nSPS) is 22.9. The highest BCUT2D eigenvalue weighted by molar-refractivity contribution is 5.47. The summed E-state index contributed by atoms with van der Waals surface area (Å²) in [4.78, 5) is 8.35. The lowest BCUT2D eigenvalue weighted by Crippen LogP contribution is -2.41. The van der Waals surface area contributed by atoms with Crippen LogP contribution in [0.2, 0.25) is 0 Å². The van der Waals surface area contributed by atoms with Crippen LogP contribution in [-0.2, 0) is 4.74 Å². The molecule has 94 valence electrons. The molecule has 1 saturated carbocycles. The zero-order chi connectivity index (χ0) is 12.1. The third-order valence-corrected chi connectivity index (χ3v) is 2.87. The zero-order valence-electron chi connectivity index (χ0n) is 10.4. The average molecular weight is 236 g/mol. The van der Waals surface area contributed by atoms with Crippen LogP contribution >= 0.6 is 0 Å². The van der Waals surface area contributed by atoms with E-state index in [2.05, 4.69) is 20.6 Å². The molecule has 0 saturated heterocycles. The van der Waals surface area contributed by atoms with E-state index in [0.29, 0.717) is 12.1 Å². The van der Waals surface area contributed by atoms with E-state index in [9.17, 15) is 0 Å². The summed E-state index contributed by atoms with van der Waals surface area (Å²) in [5.74, 6) is 1.75. The van der Waals surface area contributed by atoms with Crippen LogP contribution in [0, 0.1) is 0 Å². The van der Waals surface area contributed by atoms with Gasteiger partial charge >= 0.3 is 0 Å². The van der Waals surface area contributed by atoms with E-state index in [1.165, 1.54) is 0 Å². The first-order chi connectivity index (χ1) is 8.31. The molecule has 1 aliphatic carbocycles. The molecule has 0 aromatic carbocycles. The van der Waals surface area contributed by atoms with Crippen LogP contribution in [0.5, 0.6) is 0 Å². The van der Waals surface area contributed by atoms with E-state index in [1.807, 2.05) is 19.9 Å². The van der Waals surface area contributed by atoms with E-state index in [-0.39, 0.29) is 0 Å². The van der Waals surface area contributed by atoms with Gasteiger partial charge in [-0.25, -0.2) is 9.97 Å². The van der Waals surface area contributed by atoms with E-state index in [4.69, 9.17) is 4.74 Å². The second kappa shape index (κ2) is 5.82. The minimum Gasteiger partial charge on any atom is -0.378 e. The highest BCUT2D eigenvalue weighted by Gasteiger charge is 2.29. The quantitative estimate of drug-likeness (QED) is 0.790. The van der Waals surface area contributed by atoms with Crippen molar-refractivity contribution in [2.24, 2.45) is 0 Å². The van der Waals surface area contributed by atoms with Gasteiger partial charge in [0.05, 0.1) is 6.10 Å². The minimum atomic E-state index is 0.424. The first kappa shape index (κ1) is 12.1. The number of nitrogens with zero attached hydrogens (tertiary/aromatic N) is 2. The van der Waals surface area contributed by atoms with Crippen molar-refractivity contribution in [2.45, 2.75) is 38.8 Å². The molecule has 5 nitrogen and oxygen atoms in total. The lowest BCUT2D eigenvalue weighted by atomic mass is 9.89. The third-order valence-electron chi connectivity index (χ3n) is 2.87. The Kier molecular flexibility index (Phi) is 4.14. The number of rotatable bonds is 6. The zero-order valence-corrected chi connectivity index (χ0v) is 10.4. The van der Waals surface area contributed by atoms with Crippen molar-refractivity contribution >= 4 is 11.6 Å². The van der Waals surface area contributed by atoms with Gasteiger partial charge in [0, 0.05) is 25.3 Å². The van der Waals surface area contributed by atoms with E-state index in [1.54, 1.807) is 6.33 Å². The van der Waals surface area contributed by atoms with E-state index < -0.39 is 0 Å². The van der Waals surface area contributed by atoms with Crippen molar-refractivity contribution in [3.8, 4) is 0 Å². The Bertz CT molecular complexity index is 352. The molecule has 0 bridgehead atoms. The van der Waals surface area contributed by atoms with Crippen LogP contribution in [-0.4, -0.2) is 35.3 Å². The van der Waals surface area contributed by atoms with Gasteiger partial charge in [-0.3, -0.25) is 0 Å². The van der Waals surface area contributed by atoms with Crippen molar-refractivity contribution in [1.82, 2.24) is 9.97 Å². The number of anilines is 2. The Morgan fingerprint density at radius 3 is 2.76 bits per heavy atom. The number of nitrogens with one attached hydrogen (secondary N) is 2. The summed E-state index contributed by atoms with van der Waals surface area (Å²) in [6, 6.07) is 2.42. The van der Waals surface area contributed by atoms with Gasteiger partial charge in [-0.1, -0.05) is 0 Å². The second-order valence-electron chi connectivity index (χ2n) is 4.21. The summed E-state index contributed by atoms with van der Waals surface area (Å²) in [7, 11) is 0. The monoisotopic (exact) mass is 236 g/mol. The molecule has 1 aliphatic rings. The summed E-state index contributed by atoms with van der Waals surface area (Å²) in [6.07, 6.45) is 4.13. The highest BCUT2D eigenvalue weighted by atomic mass is 16.5. The fraction of sp³-hybridized carbons (Fsp3) is 0.667.